The molecule has 0 radical (unpaired) electrons. The summed E-state index contributed by atoms with van der Waals surface area (Å²) in [7, 11) is 3.18. The second kappa shape index (κ2) is 9.73. The van der Waals surface area contributed by atoms with E-state index in [2.05, 4.69) is 0 Å². The summed E-state index contributed by atoms with van der Waals surface area (Å²) in [6, 6.07) is 0. The summed E-state index contributed by atoms with van der Waals surface area (Å²) in [5, 5.41) is 0. The van der Waals surface area contributed by atoms with Crippen LogP contribution < -0.4 is 0 Å². The summed E-state index contributed by atoms with van der Waals surface area (Å²) >= 11 is 0. The summed E-state index contributed by atoms with van der Waals surface area (Å²) in [4.78, 5) is 23.9. The van der Waals surface area contributed by atoms with Gasteiger partial charge in [0.2, 0.25) is 0 Å². The Balaban J connectivity index is 4.18. The molecule has 0 fully saturated rings. The zero-order chi connectivity index (χ0) is 16.5. The Morgan fingerprint density at radius 1 is 0.857 bits per heavy atom. The van der Waals surface area contributed by atoms with E-state index in [1.54, 1.807) is 14.2 Å². The standard InChI is InChI=1S/C15H28O6/c1-11(18-5)7-9-20-13(16)15(3,4)14(17)21-10-8-12(2)19-6/h11-12H,7-10H2,1-6H3. The number of ether oxygens (including phenoxy) is 4. The van der Waals surface area contributed by atoms with Gasteiger partial charge in [0.25, 0.3) is 0 Å². The molecule has 0 aromatic carbocycles. The molecule has 0 N–H and O–H groups in total. The van der Waals surface area contributed by atoms with E-state index >= 15 is 0 Å². The summed E-state index contributed by atoms with van der Waals surface area (Å²) in [6.07, 6.45) is 1.17. The maximum atomic E-state index is 11.9. The molecule has 0 heterocycles. The minimum atomic E-state index is -1.31. The van der Waals surface area contributed by atoms with E-state index < -0.39 is 17.4 Å². The topological polar surface area (TPSA) is 71.1 Å². The van der Waals surface area contributed by atoms with Gasteiger partial charge in [-0.1, -0.05) is 0 Å². The fourth-order valence-corrected chi connectivity index (χ4v) is 1.32. The molecule has 6 heteroatoms. The van der Waals surface area contributed by atoms with E-state index in [1.165, 1.54) is 13.8 Å². The molecule has 0 aliphatic rings. The smallest absolute Gasteiger partial charge is 0.322 e. The van der Waals surface area contributed by atoms with E-state index in [0.29, 0.717) is 12.8 Å². The van der Waals surface area contributed by atoms with Crippen LogP contribution in [-0.4, -0.2) is 51.6 Å². The third-order valence-electron chi connectivity index (χ3n) is 3.34. The zero-order valence-corrected chi connectivity index (χ0v) is 13.9. The number of carbonyl (C=O) groups excluding carboxylic acids is 2. The Morgan fingerprint density at radius 2 is 1.19 bits per heavy atom. The normalized spacial score (nSPS) is 14.4. The fraction of sp³-hybridized carbons (Fsp3) is 0.867. The molecule has 2 unspecified atom stereocenters. The highest BCUT2D eigenvalue weighted by atomic mass is 16.6. The molecule has 0 rings (SSSR count). The molecular weight excluding hydrogens is 276 g/mol. The first-order chi connectivity index (χ1) is 9.75. The van der Waals surface area contributed by atoms with Crippen LogP contribution in [-0.2, 0) is 28.5 Å². The largest absolute Gasteiger partial charge is 0.465 e. The van der Waals surface area contributed by atoms with Crippen molar-refractivity contribution >= 4 is 11.9 Å². The van der Waals surface area contributed by atoms with Crippen molar-refractivity contribution in [2.24, 2.45) is 5.41 Å². The maximum absolute atomic E-state index is 11.9. The molecule has 0 spiro atoms. The van der Waals surface area contributed by atoms with Crippen LogP contribution in [0.5, 0.6) is 0 Å². The third-order valence-corrected chi connectivity index (χ3v) is 3.34. The Morgan fingerprint density at radius 3 is 1.48 bits per heavy atom. The van der Waals surface area contributed by atoms with E-state index in [-0.39, 0.29) is 25.4 Å². The molecule has 21 heavy (non-hydrogen) atoms. The third kappa shape index (κ3) is 7.43. The summed E-state index contributed by atoms with van der Waals surface area (Å²) < 4.78 is 20.3. The lowest BCUT2D eigenvalue weighted by Crippen LogP contribution is -2.37. The molecule has 0 amide bonds. The van der Waals surface area contributed by atoms with Gasteiger partial charge in [-0.3, -0.25) is 9.59 Å². The van der Waals surface area contributed by atoms with Gasteiger partial charge in [0.15, 0.2) is 5.41 Å². The minimum absolute atomic E-state index is 0.00314. The zero-order valence-electron chi connectivity index (χ0n) is 13.9. The van der Waals surface area contributed by atoms with Crippen LogP contribution in [0.1, 0.15) is 40.5 Å². The van der Waals surface area contributed by atoms with Crippen molar-refractivity contribution in [3.63, 3.8) is 0 Å². The average Bonchev–Trinajstić information content (AvgIpc) is 2.46. The van der Waals surface area contributed by atoms with Crippen molar-refractivity contribution in [1.82, 2.24) is 0 Å². The molecule has 0 aliphatic carbocycles. The van der Waals surface area contributed by atoms with Gasteiger partial charge in [-0.05, 0) is 27.7 Å². The van der Waals surface area contributed by atoms with E-state index in [0.717, 1.165) is 0 Å². The number of hydrogen-bond acceptors (Lipinski definition) is 6. The van der Waals surface area contributed by atoms with Crippen LogP contribution in [0, 0.1) is 5.41 Å². The van der Waals surface area contributed by atoms with Crippen LogP contribution in [0.3, 0.4) is 0 Å². The van der Waals surface area contributed by atoms with Crippen molar-refractivity contribution < 1.29 is 28.5 Å². The summed E-state index contributed by atoms with van der Waals surface area (Å²) in [5.41, 5.74) is -1.31. The quantitative estimate of drug-likeness (QED) is 0.454. The molecule has 0 bridgehead atoms. The lowest BCUT2D eigenvalue weighted by molar-refractivity contribution is -0.170. The van der Waals surface area contributed by atoms with Gasteiger partial charge in [-0.2, -0.15) is 0 Å². The van der Waals surface area contributed by atoms with Crippen molar-refractivity contribution in [3.8, 4) is 0 Å². The molecule has 0 aromatic rings. The number of rotatable bonds is 10. The highest BCUT2D eigenvalue weighted by Gasteiger charge is 2.39. The molecule has 2 atom stereocenters. The molecule has 0 saturated heterocycles. The SMILES string of the molecule is COC(C)CCOC(=O)C(C)(C)C(=O)OCCC(C)OC. The Hall–Kier alpha value is -1.14. The Kier molecular flexibility index (Phi) is 9.21. The highest BCUT2D eigenvalue weighted by molar-refractivity contribution is 5.99. The number of esters is 2. The first-order valence-electron chi connectivity index (χ1n) is 7.15. The lowest BCUT2D eigenvalue weighted by Gasteiger charge is -2.21. The van der Waals surface area contributed by atoms with Gasteiger partial charge in [0, 0.05) is 27.1 Å². The van der Waals surface area contributed by atoms with Gasteiger partial charge in [0.05, 0.1) is 25.4 Å². The van der Waals surface area contributed by atoms with Gasteiger partial charge >= 0.3 is 11.9 Å². The fourth-order valence-electron chi connectivity index (χ4n) is 1.32. The summed E-state index contributed by atoms with van der Waals surface area (Å²) in [5.74, 6) is -1.17. The molecule has 124 valence electrons. The minimum Gasteiger partial charge on any atom is -0.465 e. The van der Waals surface area contributed by atoms with Crippen molar-refractivity contribution in [1.29, 1.82) is 0 Å². The predicted octanol–water partition coefficient (Wildman–Crippen LogP) is 1.95. The van der Waals surface area contributed by atoms with E-state index in [9.17, 15) is 9.59 Å². The van der Waals surface area contributed by atoms with Crippen LogP contribution in [0.25, 0.3) is 0 Å². The predicted molar refractivity (Wildman–Crippen MR) is 77.9 cm³/mol. The molecule has 0 saturated carbocycles. The lowest BCUT2D eigenvalue weighted by atomic mass is 9.94. The van der Waals surface area contributed by atoms with Crippen molar-refractivity contribution in [2.75, 3.05) is 27.4 Å². The second-order valence-electron chi connectivity index (χ2n) is 5.57. The Labute approximate surface area is 127 Å². The first-order valence-corrected chi connectivity index (χ1v) is 7.15. The molecule has 0 aromatic heterocycles. The van der Waals surface area contributed by atoms with Gasteiger partial charge in [-0.15, -0.1) is 0 Å². The Bertz CT molecular complexity index is 296. The van der Waals surface area contributed by atoms with Gasteiger partial charge in [-0.25, -0.2) is 0 Å². The number of hydrogen-bond donors (Lipinski definition) is 0. The van der Waals surface area contributed by atoms with E-state index in [1.807, 2.05) is 13.8 Å². The maximum Gasteiger partial charge on any atom is 0.322 e. The van der Waals surface area contributed by atoms with Gasteiger partial charge in [0.1, 0.15) is 0 Å². The van der Waals surface area contributed by atoms with Gasteiger partial charge < -0.3 is 18.9 Å². The number of carbonyl (C=O) groups is 2. The van der Waals surface area contributed by atoms with Crippen molar-refractivity contribution in [3.05, 3.63) is 0 Å². The van der Waals surface area contributed by atoms with Crippen LogP contribution in [0.15, 0.2) is 0 Å². The molecule has 6 nitrogen and oxygen atoms in total. The van der Waals surface area contributed by atoms with E-state index in [4.69, 9.17) is 18.9 Å². The molecular formula is C15H28O6. The van der Waals surface area contributed by atoms with Crippen LogP contribution >= 0.6 is 0 Å². The van der Waals surface area contributed by atoms with Crippen LogP contribution in [0.4, 0.5) is 0 Å². The second-order valence-corrected chi connectivity index (χ2v) is 5.57. The highest BCUT2D eigenvalue weighted by Crippen LogP contribution is 2.20. The average molecular weight is 304 g/mol. The van der Waals surface area contributed by atoms with Crippen molar-refractivity contribution in [2.45, 2.75) is 52.7 Å². The monoisotopic (exact) mass is 304 g/mol. The summed E-state index contributed by atoms with van der Waals surface area (Å²) in [6.45, 7) is 7.18. The van der Waals surface area contributed by atoms with Crippen LogP contribution in [0.2, 0.25) is 0 Å². The number of methoxy groups -OCH3 is 2. The molecule has 0 aliphatic heterocycles. The first kappa shape index (κ1) is 19.9.